The molecule has 9 heteroatoms. The van der Waals surface area contributed by atoms with E-state index in [2.05, 4.69) is 0 Å². The fourth-order valence-corrected chi connectivity index (χ4v) is 4.52. The van der Waals surface area contributed by atoms with Gasteiger partial charge in [-0.25, -0.2) is 4.39 Å². The van der Waals surface area contributed by atoms with Crippen molar-refractivity contribution in [1.82, 2.24) is 4.57 Å². The van der Waals surface area contributed by atoms with Crippen LogP contribution < -0.4 is 40.4 Å². The van der Waals surface area contributed by atoms with Gasteiger partial charge < -0.3 is 30.4 Å². The minimum atomic E-state index is -1.39. The molecule has 1 aromatic heterocycles. The molecule has 186 valence electrons. The zero-order chi connectivity index (χ0) is 25.7. The molecule has 0 unspecified atom stereocenters. The van der Waals surface area contributed by atoms with Crippen molar-refractivity contribution in [2.45, 2.75) is 57.8 Å². The molecule has 3 rings (SSSR count). The maximum absolute atomic E-state index is 13.8. The van der Waals surface area contributed by atoms with E-state index in [1.807, 2.05) is 48.7 Å². The summed E-state index contributed by atoms with van der Waals surface area (Å²) in [5, 5.41) is 31.1. The molecule has 0 aliphatic heterocycles. The molecule has 3 aromatic rings. The Bertz CT molecular complexity index is 1180. The molecule has 2 atom stereocenters. The molecule has 0 aliphatic rings. The first-order valence-corrected chi connectivity index (χ1v) is 11.5. The minimum Gasteiger partial charge on any atom is -0.550 e. The Morgan fingerprint density at radius 3 is 2.08 bits per heavy atom. The second-order valence-electron chi connectivity index (χ2n) is 8.90. The zero-order valence-corrected chi connectivity index (χ0v) is 22.8. The van der Waals surface area contributed by atoms with E-state index in [0.29, 0.717) is 28.8 Å². The number of aromatic nitrogens is 1. The van der Waals surface area contributed by atoms with Crippen molar-refractivity contribution in [1.29, 1.82) is 0 Å². The summed E-state index contributed by atoms with van der Waals surface area (Å²) in [4.78, 5) is 23.5. The second kappa shape index (κ2) is 13.2. The Balaban J connectivity index is 0.00000456. The molecule has 7 nitrogen and oxygen atoms in total. The number of aliphatic carboxylic acids is 1. The first-order valence-electron chi connectivity index (χ1n) is 11.5. The van der Waals surface area contributed by atoms with Crippen LogP contribution in [-0.4, -0.2) is 38.9 Å². The predicted molar refractivity (Wildman–Crippen MR) is 129 cm³/mol. The SMILES string of the molecule is CC(C)n1c(CC[C@@H](O)C[C@@H](O)CC(=O)[O-])c(-c2ccc(F)cc2)c(-c2ccccc2)c1C(N)=O.[Na+]. The maximum Gasteiger partial charge on any atom is 1.00 e. The average molecular weight is 505 g/mol. The molecule has 36 heavy (non-hydrogen) atoms. The summed E-state index contributed by atoms with van der Waals surface area (Å²) in [7, 11) is 0. The summed E-state index contributed by atoms with van der Waals surface area (Å²) in [5.41, 5.74) is 9.71. The van der Waals surface area contributed by atoms with E-state index in [9.17, 15) is 29.3 Å². The van der Waals surface area contributed by atoms with E-state index in [-0.39, 0.29) is 48.4 Å². The molecule has 4 N–H and O–H groups in total. The molecule has 1 amide bonds. The van der Waals surface area contributed by atoms with Gasteiger partial charge in [0, 0.05) is 35.3 Å². The number of aliphatic hydroxyl groups is 2. The summed E-state index contributed by atoms with van der Waals surface area (Å²) in [6.45, 7) is 3.83. The molecular formula is C27H30FN2NaO5. The second-order valence-corrected chi connectivity index (χ2v) is 8.90. The Kier molecular flexibility index (Phi) is 10.9. The van der Waals surface area contributed by atoms with Gasteiger partial charge in [0.15, 0.2) is 0 Å². The van der Waals surface area contributed by atoms with Crippen LogP contribution in [0.2, 0.25) is 0 Å². The molecular weight excluding hydrogens is 474 g/mol. The van der Waals surface area contributed by atoms with Gasteiger partial charge >= 0.3 is 29.6 Å². The van der Waals surface area contributed by atoms with E-state index in [1.54, 1.807) is 12.1 Å². The average Bonchev–Trinajstić information content (AvgIpc) is 3.14. The number of nitrogens with zero attached hydrogens (tertiary/aromatic N) is 1. The fraction of sp³-hybridized carbons (Fsp3) is 0.333. The van der Waals surface area contributed by atoms with Crippen molar-refractivity contribution in [3.63, 3.8) is 0 Å². The monoisotopic (exact) mass is 504 g/mol. The van der Waals surface area contributed by atoms with Crippen LogP contribution in [0.15, 0.2) is 54.6 Å². The first kappa shape index (κ1) is 29.7. The molecule has 0 bridgehead atoms. The van der Waals surface area contributed by atoms with Gasteiger partial charge in [0.25, 0.3) is 5.91 Å². The molecule has 0 saturated carbocycles. The third-order valence-corrected chi connectivity index (χ3v) is 5.91. The van der Waals surface area contributed by atoms with Gasteiger partial charge in [-0.05, 0) is 56.4 Å². The zero-order valence-electron chi connectivity index (χ0n) is 20.8. The van der Waals surface area contributed by atoms with E-state index in [1.165, 1.54) is 12.1 Å². The van der Waals surface area contributed by atoms with Crippen LogP contribution in [0.3, 0.4) is 0 Å². The number of primary amides is 1. The number of aliphatic hydroxyl groups excluding tert-OH is 2. The van der Waals surface area contributed by atoms with Gasteiger partial charge in [-0.15, -0.1) is 0 Å². The minimum absolute atomic E-state index is 0. The van der Waals surface area contributed by atoms with E-state index in [4.69, 9.17) is 5.73 Å². The maximum atomic E-state index is 13.8. The third kappa shape index (κ3) is 7.05. The summed E-state index contributed by atoms with van der Waals surface area (Å²) in [5.74, 6) is -2.40. The van der Waals surface area contributed by atoms with Crippen LogP contribution in [0.4, 0.5) is 4.39 Å². The number of nitrogens with two attached hydrogens (primary N) is 1. The molecule has 0 saturated heterocycles. The van der Waals surface area contributed by atoms with Crippen LogP contribution in [-0.2, 0) is 11.2 Å². The Morgan fingerprint density at radius 2 is 1.56 bits per heavy atom. The quantitative estimate of drug-likeness (QED) is 0.313. The standard InChI is InChI=1S/C27H31FN2O5.Na/c1-16(2)30-22(13-12-20(31)14-21(32)15-23(33)34)24(18-8-10-19(28)11-9-18)25(26(30)27(29)35)17-6-4-3-5-7-17;/h3-11,16,20-21,31-32H,12-15H2,1-2H3,(H2,29,35)(H,33,34);/q;+1/p-1/t20-,21-;/m1./s1. The molecule has 1 heterocycles. The van der Waals surface area contributed by atoms with Gasteiger partial charge in [0.2, 0.25) is 0 Å². The number of hydrogen-bond donors (Lipinski definition) is 3. The smallest absolute Gasteiger partial charge is 0.550 e. The fourth-order valence-electron chi connectivity index (χ4n) is 4.52. The molecule has 0 fully saturated rings. The van der Waals surface area contributed by atoms with Gasteiger partial charge in [0.05, 0.1) is 12.2 Å². The van der Waals surface area contributed by atoms with Crippen molar-refractivity contribution >= 4 is 11.9 Å². The summed E-state index contributed by atoms with van der Waals surface area (Å²) in [6.07, 6.45) is -2.41. The van der Waals surface area contributed by atoms with Crippen LogP contribution in [0.25, 0.3) is 22.3 Å². The summed E-state index contributed by atoms with van der Waals surface area (Å²) >= 11 is 0. The van der Waals surface area contributed by atoms with Gasteiger partial charge in [-0.3, -0.25) is 4.79 Å². The first-order chi connectivity index (χ1) is 16.6. The molecule has 0 radical (unpaired) electrons. The summed E-state index contributed by atoms with van der Waals surface area (Å²) in [6, 6.07) is 15.1. The van der Waals surface area contributed by atoms with Crippen molar-refractivity contribution in [2.75, 3.05) is 0 Å². The molecule has 0 spiro atoms. The van der Waals surface area contributed by atoms with E-state index >= 15 is 0 Å². The van der Waals surface area contributed by atoms with Crippen molar-refractivity contribution in [3.8, 4) is 22.3 Å². The normalized spacial score (nSPS) is 12.7. The van der Waals surface area contributed by atoms with E-state index < -0.39 is 36.3 Å². The van der Waals surface area contributed by atoms with Crippen molar-refractivity contribution in [2.24, 2.45) is 5.73 Å². The predicted octanol–water partition coefficient (Wildman–Crippen LogP) is -0.170. The number of hydrogen-bond acceptors (Lipinski definition) is 5. The van der Waals surface area contributed by atoms with Crippen LogP contribution in [0.5, 0.6) is 0 Å². The van der Waals surface area contributed by atoms with Crippen molar-refractivity contribution in [3.05, 3.63) is 71.8 Å². The number of carboxylic acid groups (broad SMARTS) is 1. The number of rotatable bonds is 11. The third-order valence-electron chi connectivity index (χ3n) is 5.91. The van der Waals surface area contributed by atoms with Gasteiger partial charge in [-0.2, -0.15) is 0 Å². The number of carbonyl (C=O) groups is 2. The Hall–Kier alpha value is -2.49. The van der Waals surface area contributed by atoms with Crippen LogP contribution in [0, 0.1) is 5.82 Å². The van der Waals surface area contributed by atoms with Gasteiger partial charge in [0.1, 0.15) is 11.5 Å². The van der Waals surface area contributed by atoms with Crippen LogP contribution >= 0.6 is 0 Å². The Morgan fingerprint density at radius 1 is 0.972 bits per heavy atom. The number of halogens is 1. The number of carbonyl (C=O) groups excluding carboxylic acids is 2. The van der Waals surface area contributed by atoms with E-state index in [0.717, 1.165) is 11.3 Å². The molecule has 0 aliphatic carbocycles. The number of carboxylic acids is 1. The largest absolute Gasteiger partial charge is 1.00 e. The topological polar surface area (TPSA) is 129 Å². The number of benzene rings is 2. The van der Waals surface area contributed by atoms with Crippen LogP contribution in [0.1, 0.15) is 55.3 Å². The van der Waals surface area contributed by atoms with Crippen molar-refractivity contribution < 1.29 is 58.9 Å². The van der Waals surface area contributed by atoms with Gasteiger partial charge in [-0.1, -0.05) is 42.5 Å². The molecule has 2 aromatic carbocycles. The summed E-state index contributed by atoms with van der Waals surface area (Å²) < 4.78 is 15.6. The Labute approximate surface area is 232 Å². The number of amides is 1.